The van der Waals surface area contributed by atoms with E-state index in [0.717, 1.165) is 17.7 Å². The first-order valence-electron chi connectivity index (χ1n) is 9.08. The summed E-state index contributed by atoms with van der Waals surface area (Å²) in [4.78, 5) is 12.9. The summed E-state index contributed by atoms with van der Waals surface area (Å²) in [5, 5.41) is 11.8. The van der Waals surface area contributed by atoms with Gasteiger partial charge < -0.3 is 15.5 Å². The lowest BCUT2D eigenvalue weighted by Gasteiger charge is -2.10. The smallest absolute Gasteiger partial charge is 0.277 e. The lowest BCUT2D eigenvalue weighted by Crippen LogP contribution is -2.07. The highest BCUT2D eigenvalue weighted by molar-refractivity contribution is 7.98. The third-order valence-electron chi connectivity index (χ3n) is 4.10. The molecule has 29 heavy (non-hydrogen) atoms. The number of thioether (sulfide) groups is 1. The Kier molecular flexibility index (Phi) is 5.66. The Bertz CT molecular complexity index is 1100. The van der Waals surface area contributed by atoms with Crippen LogP contribution in [0, 0.1) is 0 Å². The quantitative estimate of drug-likeness (QED) is 0.438. The Morgan fingerprint density at radius 2 is 1.76 bits per heavy atom. The van der Waals surface area contributed by atoms with Gasteiger partial charge in [0.05, 0.1) is 5.75 Å². The maximum atomic E-state index is 5.87. The largest absolute Gasteiger partial charge is 0.411 e. The highest BCUT2D eigenvalue weighted by Crippen LogP contribution is 2.25. The number of hydrogen-bond acceptors (Lipinski definition) is 9. The molecule has 0 radical (unpaired) electrons. The molecule has 0 saturated carbocycles. The number of aryl methyl sites for hydroxylation is 1. The zero-order chi connectivity index (χ0) is 20.1. The van der Waals surface area contributed by atoms with E-state index in [0.29, 0.717) is 28.6 Å². The van der Waals surface area contributed by atoms with E-state index < -0.39 is 0 Å². The zero-order valence-corrected chi connectivity index (χ0v) is 16.6. The number of para-hydroxylation sites is 1. The lowest BCUT2D eigenvalue weighted by atomic mass is 10.1. The molecule has 4 rings (SSSR count). The van der Waals surface area contributed by atoms with Crippen LogP contribution in [0.5, 0.6) is 0 Å². The molecule has 0 saturated heterocycles. The zero-order valence-electron chi connectivity index (χ0n) is 15.7. The molecule has 0 amide bonds. The molecule has 0 fully saturated rings. The average Bonchev–Trinajstić information content (AvgIpc) is 3.22. The van der Waals surface area contributed by atoms with E-state index in [1.54, 1.807) is 0 Å². The van der Waals surface area contributed by atoms with E-state index >= 15 is 0 Å². The van der Waals surface area contributed by atoms with Crippen molar-refractivity contribution in [3.05, 3.63) is 66.0 Å². The number of hydrogen-bond donors (Lipinski definition) is 2. The van der Waals surface area contributed by atoms with Gasteiger partial charge in [-0.3, -0.25) is 0 Å². The molecular formula is C20H19N7OS. The van der Waals surface area contributed by atoms with Gasteiger partial charge in [-0.05, 0) is 30.2 Å². The van der Waals surface area contributed by atoms with Crippen LogP contribution >= 0.6 is 11.8 Å². The highest BCUT2D eigenvalue weighted by Gasteiger charge is 2.12. The van der Waals surface area contributed by atoms with E-state index in [4.69, 9.17) is 10.2 Å². The molecule has 0 unspecified atom stereocenters. The molecular weight excluding hydrogens is 386 g/mol. The van der Waals surface area contributed by atoms with Gasteiger partial charge in [0.15, 0.2) is 0 Å². The first kappa shape index (κ1) is 18.9. The summed E-state index contributed by atoms with van der Waals surface area (Å²) in [6.07, 6.45) is 0.896. The molecule has 2 heterocycles. The summed E-state index contributed by atoms with van der Waals surface area (Å²) >= 11 is 1.34. The van der Waals surface area contributed by atoms with Crippen molar-refractivity contribution < 1.29 is 4.42 Å². The Balaban J connectivity index is 1.46. The third kappa shape index (κ3) is 4.69. The fourth-order valence-electron chi connectivity index (χ4n) is 2.72. The van der Waals surface area contributed by atoms with E-state index in [1.165, 1.54) is 17.3 Å². The lowest BCUT2D eigenvalue weighted by molar-refractivity contribution is 0.465. The van der Waals surface area contributed by atoms with Crippen molar-refractivity contribution >= 4 is 29.3 Å². The molecule has 0 atom stereocenters. The van der Waals surface area contributed by atoms with E-state index in [2.05, 4.69) is 43.5 Å². The molecule has 0 aliphatic heterocycles. The molecule has 0 bridgehead atoms. The topological polar surface area (TPSA) is 116 Å². The van der Waals surface area contributed by atoms with Crippen LogP contribution in [0.25, 0.3) is 11.5 Å². The van der Waals surface area contributed by atoms with Crippen LogP contribution in [0.1, 0.15) is 18.3 Å². The fraction of sp³-hybridized carbons (Fsp3) is 0.150. The summed E-state index contributed by atoms with van der Waals surface area (Å²) in [6.45, 7) is 2.10. The molecule has 2 aromatic heterocycles. The molecule has 3 N–H and O–H groups in total. The SMILES string of the molecule is CCc1ccccc1Nc1nc(N)nc(CSc2nnc(-c3ccccc3)o2)n1. The van der Waals surface area contributed by atoms with E-state index in [9.17, 15) is 0 Å². The number of nitrogen functional groups attached to an aromatic ring is 1. The molecule has 4 aromatic rings. The molecule has 8 nitrogen and oxygen atoms in total. The summed E-state index contributed by atoms with van der Waals surface area (Å²) in [6, 6.07) is 17.6. The first-order chi connectivity index (χ1) is 14.2. The normalized spacial score (nSPS) is 10.8. The van der Waals surface area contributed by atoms with Gasteiger partial charge in [0, 0.05) is 11.3 Å². The minimum Gasteiger partial charge on any atom is -0.411 e. The summed E-state index contributed by atoms with van der Waals surface area (Å²) in [5.41, 5.74) is 8.86. The third-order valence-corrected chi connectivity index (χ3v) is 4.91. The monoisotopic (exact) mass is 405 g/mol. The van der Waals surface area contributed by atoms with Gasteiger partial charge in [-0.25, -0.2) is 0 Å². The van der Waals surface area contributed by atoms with Gasteiger partial charge in [-0.2, -0.15) is 15.0 Å². The fourth-order valence-corrected chi connectivity index (χ4v) is 3.34. The van der Waals surface area contributed by atoms with Gasteiger partial charge in [0.25, 0.3) is 5.22 Å². The van der Waals surface area contributed by atoms with Crippen molar-refractivity contribution in [2.24, 2.45) is 0 Å². The Morgan fingerprint density at radius 3 is 2.59 bits per heavy atom. The number of nitrogens with zero attached hydrogens (tertiary/aromatic N) is 5. The number of rotatable bonds is 7. The predicted molar refractivity (Wildman–Crippen MR) is 113 cm³/mol. The van der Waals surface area contributed by atoms with Gasteiger partial charge in [-0.15, -0.1) is 10.2 Å². The predicted octanol–water partition coefficient (Wildman–Crippen LogP) is 4.10. The van der Waals surface area contributed by atoms with E-state index in [-0.39, 0.29) is 5.95 Å². The first-order valence-corrected chi connectivity index (χ1v) is 10.1. The van der Waals surface area contributed by atoms with Crippen LogP contribution in [0.4, 0.5) is 17.6 Å². The second-order valence-electron chi connectivity index (χ2n) is 6.10. The molecule has 0 spiro atoms. The van der Waals surface area contributed by atoms with Crippen molar-refractivity contribution in [2.45, 2.75) is 24.3 Å². The maximum Gasteiger partial charge on any atom is 0.277 e. The summed E-state index contributed by atoms with van der Waals surface area (Å²) in [5.74, 6) is 1.99. The van der Waals surface area contributed by atoms with Gasteiger partial charge in [0.1, 0.15) is 5.82 Å². The van der Waals surface area contributed by atoms with Crippen LogP contribution in [-0.2, 0) is 12.2 Å². The van der Waals surface area contributed by atoms with Gasteiger partial charge in [0.2, 0.25) is 17.8 Å². The van der Waals surface area contributed by atoms with E-state index in [1.807, 2.05) is 48.5 Å². The van der Waals surface area contributed by atoms with Crippen LogP contribution in [0.2, 0.25) is 0 Å². The molecule has 0 aliphatic rings. The van der Waals surface area contributed by atoms with Crippen molar-refractivity contribution in [1.82, 2.24) is 25.1 Å². The number of aromatic nitrogens is 5. The van der Waals surface area contributed by atoms with Gasteiger partial charge >= 0.3 is 0 Å². The van der Waals surface area contributed by atoms with Crippen LogP contribution < -0.4 is 11.1 Å². The van der Waals surface area contributed by atoms with Crippen LogP contribution in [0.15, 0.2) is 64.2 Å². The minimum atomic E-state index is 0.155. The molecule has 2 aromatic carbocycles. The number of anilines is 3. The standard InChI is InChI=1S/C20H19N7OS/c1-2-13-8-6-7-11-15(13)22-19-24-16(23-18(21)25-19)12-29-20-27-26-17(28-20)14-9-4-3-5-10-14/h3-11H,2,12H2,1H3,(H3,21,22,23,24,25). The second-order valence-corrected chi connectivity index (χ2v) is 7.02. The summed E-state index contributed by atoms with van der Waals surface area (Å²) < 4.78 is 5.70. The average molecular weight is 405 g/mol. The number of nitrogens with one attached hydrogen (secondary N) is 1. The van der Waals surface area contributed by atoms with Crippen molar-refractivity contribution in [2.75, 3.05) is 11.1 Å². The highest BCUT2D eigenvalue weighted by atomic mass is 32.2. The Labute approximate surface area is 172 Å². The number of benzene rings is 2. The number of nitrogens with two attached hydrogens (primary N) is 1. The summed E-state index contributed by atoms with van der Waals surface area (Å²) in [7, 11) is 0. The van der Waals surface area contributed by atoms with Crippen LogP contribution in [0.3, 0.4) is 0 Å². The van der Waals surface area contributed by atoms with Crippen molar-refractivity contribution in [3.63, 3.8) is 0 Å². The second kappa shape index (κ2) is 8.70. The molecule has 146 valence electrons. The van der Waals surface area contributed by atoms with Crippen molar-refractivity contribution in [1.29, 1.82) is 0 Å². The van der Waals surface area contributed by atoms with Crippen molar-refractivity contribution in [3.8, 4) is 11.5 Å². The van der Waals surface area contributed by atoms with Crippen LogP contribution in [-0.4, -0.2) is 25.1 Å². The minimum absolute atomic E-state index is 0.155. The molecule has 0 aliphatic carbocycles. The Hall–Kier alpha value is -3.46. The molecule has 9 heteroatoms. The van der Waals surface area contributed by atoms with Gasteiger partial charge in [-0.1, -0.05) is 55.1 Å². The Morgan fingerprint density at radius 1 is 0.966 bits per heavy atom. The maximum absolute atomic E-state index is 5.87.